The molecule has 0 aliphatic heterocycles. The molecule has 212 valence electrons. The second kappa shape index (κ2) is 11.5. The number of H-pyrrole nitrogens is 1. The fourth-order valence-corrected chi connectivity index (χ4v) is 6.32. The van der Waals surface area contributed by atoms with Crippen LogP contribution in [0.2, 0.25) is 0 Å². The maximum absolute atomic E-state index is 13.1. The summed E-state index contributed by atoms with van der Waals surface area (Å²) in [7, 11) is 0. The number of ether oxygens (including phenoxy) is 1. The third-order valence-corrected chi connectivity index (χ3v) is 8.31. The number of nitrogens with one attached hydrogen (secondary N) is 3. The van der Waals surface area contributed by atoms with Gasteiger partial charge in [0.1, 0.15) is 5.75 Å². The van der Waals surface area contributed by atoms with Crippen molar-refractivity contribution in [3.8, 4) is 5.75 Å². The molecule has 12 heteroatoms. The maximum atomic E-state index is 13.1. The highest BCUT2D eigenvalue weighted by Crippen LogP contribution is 2.39. The van der Waals surface area contributed by atoms with Crippen LogP contribution < -0.4 is 21.1 Å². The minimum absolute atomic E-state index is 0.184. The van der Waals surface area contributed by atoms with E-state index in [1.54, 1.807) is 0 Å². The number of carbonyl (C=O) groups is 2. The van der Waals surface area contributed by atoms with E-state index in [9.17, 15) is 22.8 Å². The lowest BCUT2D eigenvalue weighted by atomic mass is 9.71. The van der Waals surface area contributed by atoms with Crippen LogP contribution >= 0.6 is 11.3 Å². The highest BCUT2D eigenvalue weighted by molar-refractivity contribution is 7.22. The van der Waals surface area contributed by atoms with Crippen molar-refractivity contribution in [2.75, 3.05) is 11.9 Å². The van der Waals surface area contributed by atoms with Gasteiger partial charge in [-0.1, -0.05) is 48.8 Å². The molecule has 2 aromatic heterocycles. The molecule has 1 saturated carbocycles. The lowest BCUT2D eigenvalue weighted by molar-refractivity contribution is -0.274. The van der Waals surface area contributed by atoms with Gasteiger partial charge in [0.15, 0.2) is 5.13 Å². The quantitative estimate of drug-likeness (QED) is 0.206. The summed E-state index contributed by atoms with van der Waals surface area (Å²) in [6.07, 6.45) is 2.20. The number of anilines is 1. The predicted molar refractivity (Wildman–Crippen MR) is 148 cm³/mol. The number of aromatic nitrogens is 2. The molecule has 1 atom stereocenters. The maximum Gasteiger partial charge on any atom is 0.573 e. The molecule has 40 heavy (non-hydrogen) atoms. The fourth-order valence-electron chi connectivity index (χ4n) is 5.41. The first-order valence-electron chi connectivity index (χ1n) is 13.1. The van der Waals surface area contributed by atoms with Crippen LogP contribution in [0.15, 0.2) is 48.7 Å². The number of carbonyl (C=O) groups excluding carboxylic acids is 2. The summed E-state index contributed by atoms with van der Waals surface area (Å²) < 4.78 is 42.1. The molecule has 1 unspecified atom stereocenters. The zero-order valence-corrected chi connectivity index (χ0v) is 22.5. The SMILES string of the molecule is NC(Cc1c[nH]c2ccccc12)C(=O)NCC1(CC(=O)Nc2nc3ccc(OC(F)(F)F)cc3s2)CCCCC1. The molecular weight excluding hydrogens is 543 g/mol. The van der Waals surface area contributed by atoms with Crippen molar-refractivity contribution < 1.29 is 27.5 Å². The van der Waals surface area contributed by atoms with Crippen molar-refractivity contribution in [2.45, 2.75) is 57.3 Å². The third kappa shape index (κ3) is 6.73. The molecule has 8 nitrogen and oxygen atoms in total. The molecule has 1 fully saturated rings. The minimum atomic E-state index is -4.79. The van der Waals surface area contributed by atoms with E-state index in [-0.39, 0.29) is 24.0 Å². The number of rotatable bonds is 9. The number of hydrogen-bond donors (Lipinski definition) is 4. The van der Waals surface area contributed by atoms with E-state index < -0.39 is 17.8 Å². The van der Waals surface area contributed by atoms with Crippen molar-refractivity contribution in [1.29, 1.82) is 0 Å². The molecule has 1 aliphatic rings. The molecule has 2 amide bonds. The molecule has 0 bridgehead atoms. The molecular formula is C28H30F3N5O3S. The number of fused-ring (bicyclic) bond motifs is 2. The molecule has 4 aromatic rings. The van der Waals surface area contributed by atoms with Gasteiger partial charge in [-0.05, 0) is 48.4 Å². The number of alkyl halides is 3. The number of benzene rings is 2. The topological polar surface area (TPSA) is 122 Å². The zero-order chi connectivity index (χ0) is 28.3. The smallest absolute Gasteiger partial charge is 0.406 e. The first-order valence-corrected chi connectivity index (χ1v) is 14.0. The Bertz CT molecular complexity index is 1510. The van der Waals surface area contributed by atoms with Gasteiger partial charge in [-0.3, -0.25) is 9.59 Å². The van der Waals surface area contributed by atoms with Gasteiger partial charge in [-0.25, -0.2) is 4.98 Å². The fraction of sp³-hybridized carbons (Fsp3) is 0.393. The summed E-state index contributed by atoms with van der Waals surface area (Å²) >= 11 is 1.07. The number of thiazole rings is 1. The van der Waals surface area contributed by atoms with Gasteiger partial charge in [0.25, 0.3) is 0 Å². The number of halogens is 3. The number of hydrogen-bond acceptors (Lipinski definition) is 6. The summed E-state index contributed by atoms with van der Waals surface area (Å²) in [5.41, 5.74) is 8.26. The number of amides is 2. The monoisotopic (exact) mass is 573 g/mol. The number of nitrogens with two attached hydrogens (primary N) is 1. The Morgan fingerprint density at radius 1 is 1.15 bits per heavy atom. The zero-order valence-electron chi connectivity index (χ0n) is 21.6. The molecule has 0 radical (unpaired) electrons. The molecule has 1 aliphatic carbocycles. The number of nitrogens with zero attached hydrogens (tertiary/aromatic N) is 1. The minimum Gasteiger partial charge on any atom is -0.406 e. The molecule has 2 heterocycles. The van der Waals surface area contributed by atoms with E-state index in [2.05, 4.69) is 25.3 Å². The van der Waals surface area contributed by atoms with Crippen LogP contribution in [0.5, 0.6) is 5.75 Å². The standard InChI is InChI=1S/C28H30F3N5O3S/c29-28(30,31)39-18-8-9-22-23(13-18)40-26(35-22)36-24(37)14-27(10-4-1-5-11-27)16-34-25(38)20(32)12-17-15-33-21-7-3-2-6-19(17)21/h2-3,6-9,13,15,20,33H,1,4-5,10-12,14,16,32H2,(H,34,38)(H,35,36,37). The molecule has 2 aromatic carbocycles. The predicted octanol–water partition coefficient (Wildman–Crippen LogP) is 5.64. The molecule has 0 saturated heterocycles. The van der Waals surface area contributed by atoms with Gasteiger partial charge in [-0.2, -0.15) is 0 Å². The second-order valence-electron chi connectivity index (χ2n) is 10.4. The molecule has 0 spiro atoms. The van der Waals surface area contributed by atoms with Crippen molar-refractivity contribution in [3.63, 3.8) is 0 Å². The lowest BCUT2D eigenvalue weighted by Crippen LogP contribution is -2.47. The Labute approximate surface area is 232 Å². The number of aromatic amines is 1. The van der Waals surface area contributed by atoms with E-state index >= 15 is 0 Å². The summed E-state index contributed by atoms with van der Waals surface area (Å²) in [6, 6.07) is 10.9. The second-order valence-corrected chi connectivity index (χ2v) is 11.4. The van der Waals surface area contributed by atoms with Crippen LogP contribution in [0.25, 0.3) is 21.1 Å². The van der Waals surface area contributed by atoms with Crippen LogP contribution in [0.1, 0.15) is 44.1 Å². The van der Waals surface area contributed by atoms with E-state index in [4.69, 9.17) is 5.73 Å². The van der Waals surface area contributed by atoms with E-state index in [0.29, 0.717) is 28.3 Å². The van der Waals surface area contributed by atoms with Crippen LogP contribution in [0, 0.1) is 5.41 Å². The van der Waals surface area contributed by atoms with Gasteiger partial charge in [0.05, 0.1) is 16.3 Å². The Kier molecular flexibility index (Phi) is 7.99. The highest BCUT2D eigenvalue weighted by Gasteiger charge is 2.35. The van der Waals surface area contributed by atoms with Crippen LogP contribution in [-0.4, -0.2) is 40.7 Å². The summed E-state index contributed by atoms with van der Waals surface area (Å²) in [5, 5.41) is 7.11. The number of para-hydroxylation sites is 1. The normalized spacial score (nSPS) is 16.1. The van der Waals surface area contributed by atoms with Crippen molar-refractivity contribution in [2.24, 2.45) is 11.1 Å². The van der Waals surface area contributed by atoms with Gasteiger partial charge < -0.3 is 26.1 Å². The Morgan fingerprint density at radius 3 is 2.70 bits per heavy atom. The van der Waals surface area contributed by atoms with Gasteiger partial charge in [-0.15, -0.1) is 13.2 Å². The Hall–Kier alpha value is -3.64. The van der Waals surface area contributed by atoms with Crippen molar-refractivity contribution >= 4 is 49.4 Å². The average Bonchev–Trinajstić information content (AvgIpc) is 3.50. The Morgan fingerprint density at radius 2 is 1.93 bits per heavy atom. The van der Waals surface area contributed by atoms with E-state index in [1.807, 2.05) is 30.5 Å². The third-order valence-electron chi connectivity index (χ3n) is 7.38. The van der Waals surface area contributed by atoms with Crippen LogP contribution in [-0.2, 0) is 16.0 Å². The lowest BCUT2D eigenvalue weighted by Gasteiger charge is -2.37. The van der Waals surface area contributed by atoms with Crippen molar-refractivity contribution in [3.05, 3.63) is 54.2 Å². The van der Waals surface area contributed by atoms with E-state index in [0.717, 1.165) is 59.9 Å². The van der Waals surface area contributed by atoms with Crippen LogP contribution in [0.4, 0.5) is 18.3 Å². The summed E-state index contributed by atoms with van der Waals surface area (Å²) in [4.78, 5) is 33.5. The van der Waals surface area contributed by atoms with Crippen LogP contribution in [0.3, 0.4) is 0 Å². The first kappa shape index (κ1) is 27.9. The summed E-state index contributed by atoms with van der Waals surface area (Å²) in [5.74, 6) is -0.870. The highest BCUT2D eigenvalue weighted by atomic mass is 32.1. The summed E-state index contributed by atoms with van der Waals surface area (Å²) in [6.45, 7) is 0.332. The first-order chi connectivity index (χ1) is 19.1. The average molecular weight is 574 g/mol. The van der Waals surface area contributed by atoms with Crippen molar-refractivity contribution in [1.82, 2.24) is 15.3 Å². The van der Waals surface area contributed by atoms with Gasteiger partial charge in [0, 0.05) is 36.1 Å². The molecule has 5 N–H and O–H groups in total. The van der Waals surface area contributed by atoms with Gasteiger partial charge in [0.2, 0.25) is 11.8 Å². The van der Waals surface area contributed by atoms with Gasteiger partial charge >= 0.3 is 6.36 Å². The Balaban J connectivity index is 1.20. The molecule has 5 rings (SSSR count). The largest absolute Gasteiger partial charge is 0.573 e. The van der Waals surface area contributed by atoms with E-state index in [1.165, 1.54) is 18.2 Å².